The smallest absolute Gasteiger partial charge is 0.237 e. The Morgan fingerprint density at radius 1 is 1.58 bits per heavy atom. The van der Waals surface area contributed by atoms with Crippen LogP contribution in [0.2, 0.25) is 0 Å². The number of amides is 1. The van der Waals surface area contributed by atoms with Crippen LogP contribution < -0.4 is 15.4 Å². The molecule has 104 valence electrons. The van der Waals surface area contributed by atoms with Gasteiger partial charge in [-0.15, -0.1) is 0 Å². The normalized spacial score (nSPS) is 22.2. The molecule has 2 rings (SSSR count). The van der Waals surface area contributed by atoms with E-state index in [0.29, 0.717) is 26.1 Å². The quantitative estimate of drug-likeness (QED) is 0.721. The van der Waals surface area contributed by atoms with Crippen molar-refractivity contribution in [3.05, 3.63) is 29.8 Å². The number of aliphatic hydroxyl groups excluding tert-OH is 1. The van der Waals surface area contributed by atoms with Crippen molar-refractivity contribution in [1.82, 2.24) is 10.6 Å². The highest BCUT2D eigenvalue weighted by Gasteiger charge is 2.27. The lowest BCUT2D eigenvalue weighted by Crippen LogP contribution is -2.39. The van der Waals surface area contributed by atoms with E-state index in [4.69, 9.17) is 4.74 Å². The van der Waals surface area contributed by atoms with Crippen LogP contribution in [-0.4, -0.2) is 36.3 Å². The zero-order valence-electron chi connectivity index (χ0n) is 11.1. The van der Waals surface area contributed by atoms with E-state index >= 15 is 0 Å². The van der Waals surface area contributed by atoms with E-state index in [1.165, 1.54) is 0 Å². The van der Waals surface area contributed by atoms with Crippen LogP contribution in [0.15, 0.2) is 24.3 Å². The lowest BCUT2D eigenvalue weighted by molar-refractivity contribution is -0.123. The lowest BCUT2D eigenvalue weighted by atomic mass is 10.1. The van der Waals surface area contributed by atoms with Gasteiger partial charge < -0.3 is 20.5 Å². The average molecular weight is 264 g/mol. The van der Waals surface area contributed by atoms with E-state index in [0.717, 1.165) is 11.3 Å². The molecule has 5 heteroatoms. The highest BCUT2D eigenvalue weighted by atomic mass is 16.5. The van der Waals surface area contributed by atoms with Crippen molar-refractivity contribution in [2.24, 2.45) is 0 Å². The number of hydrogen-bond acceptors (Lipinski definition) is 4. The van der Waals surface area contributed by atoms with E-state index < -0.39 is 6.10 Å². The number of ether oxygens (including phenoxy) is 1. The van der Waals surface area contributed by atoms with Gasteiger partial charge in [0.1, 0.15) is 5.75 Å². The van der Waals surface area contributed by atoms with Crippen LogP contribution in [0.1, 0.15) is 18.9 Å². The topological polar surface area (TPSA) is 70.6 Å². The van der Waals surface area contributed by atoms with Gasteiger partial charge in [0, 0.05) is 13.1 Å². The molecule has 0 saturated carbocycles. The molecular weight excluding hydrogens is 244 g/mol. The fourth-order valence-electron chi connectivity index (χ4n) is 2.14. The molecule has 0 unspecified atom stereocenters. The fraction of sp³-hybridized carbons (Fsp3) is 0.500. The third-order valence-corrected chi connectivity index (χ3v) is 3.10. The van der Waals surface area contributed by atoms with Gasteiger partial charge in [0.25, 0.3) is 0 Å². The molecule has 2 atom stereocenters. The van der Waals surface area contributed by atoms with Gasteiger partial charge >= 0.3 is 0 Å². The van der Waals surface area contributed by atoms with Gasteiger partial charge in [-0.25, -0.2) is 0 Å². The second kappa shape index (κ2) is 6.54. The average Bonchev–Trinajstić information content (AvgIpc) is 2.84. The Morgan fingerprint density at radius 3 is 3.11 bits per heavy atom. The highest BCUT2D eigenvalue weighted by molar-refractivity contribution is 5.82. The zero-order valence-corrected chi connectivity index (χ0v) is 11.1. The van der Waals surface area contributed by atoms with Gasteiger partial charge in [-0.1, -0.05) is 12.1 Å². The summed E-state index contributed by atoms with van der Waals surface area (Å²) in [4.78, 5) is 11.9. The van der Waals surface area contributed by atoms with Crippen molar-refractivity contribution in [3.63, 3.8) is 0 Å². The third kappa shape index (κ3) is 3.94. The molecule has 0 aromatic heterocycles. The van der Waals surface area contributed by atoms with E-state index in [-0.39, 0.29) is 11.9 Å². The van der Waals surface area contributed by atoms with Gasteiger partial charge in [0.15, 0.2) is 0 Å². The number of β-amino-alcohol motifs (C(OH)–C–C–N with tert-alkyl or cyclic N) is 1. The minimum atomic E-state index is -0.419. The Hall–Kier alpha value is -1.59. The summed E-state index contributed by atoms with van der Waals surface area (Å²) in [5, 5.41) is 15.2. The van der Waals surface area contributed by atoms with Gasteiger partial charge in [-0.2, -0.15) is 0 Å². The van der Waals surface area contributed by atoms with Crippen LogP contribution in [0, 0.1) is 0 Å². The van der Waals surface area contributed by atoms with Crippen LogP contribution >= 0.6 is 0 Å². The molecule has 1 aliphatic rings. The molecular formula is C14H20N2O3. The molecule has 1 saturated heterocycles. The molecule has 19 heavy (non-hydrogen) atoms. The Bertz CT molecular complexity index is 436. The SMILES string of the molecule is CCOc1cccc(CNC(=O)[C@@H]2C[C@@H](O)CN2)c1. The predicted octanol–water partition coefficient (Wildman–Crippen LogP) is 0.424. The van der Waals surface area contributed by atoms with Gasteiger partial charge in [0.2, 0.25) is 5.91 Å². The maximum absolute atomic E-state index is 11.9. The van der Waals surface area contributed by atoms with Crippen molar-refractivity contribution in [1.29, 1.82) is 0 Å². The molecule has 5 nitrogen and oxygen atoms in total. The molecule has 1 heterocycles. The molecule has 1 fully saturated rings. The summed E-state index contributed by atoms with van der Waals surface area (Å²) < 4.78 is 5.41. The zero-order chi connectivity index (χ0) is 13.7. The van der Waals surface area contributed by atoms with Crippen LogP contribution in [0.5, 0.6) is 5.75 Å². The Kier molecular flexibility index (Phi) is 4.76. The van der Waals surface area contributed by atoms with Crippen molar-refractivity contribution >= 4 is 5.91 Å². The summed E-state index contributed by atoms with van der Waals surface area (Å²) in [5.41, 5.74) is 0.998. The summed E-state index contributed by atoms with van der Waals surface area (Å²) in [6, 6.07) is 7.37. The molecule has 0 spiro atoms. The van der Waals surface area contributed by atoms with Crippen LogP contribution in [0.3, 0.4) is 0 Å². The standard InChI is InChI=1S/C14H20N2O3/c1-2-19-12-5-3-4-10(6-12)8-16-14(18)13-7-11(17)9-15-13/h3-6,11,13,15,17H,2,7-9H2,1H3,(H,16,18)/t11-,13+/m1/s1. The number of hydrogen-bond donors (Lipinski definition) is 3. The lowest BCUT2D eigenvalue weighted by Gasteiger charge is -2.11. The first-order valence-electron chi connectivity index (χ1n) is 6.60. The Balaban J connectivity index is 1.84. The van der Waals surface area contributed by atoms with Gasteiger partial charge in [-0.3, -0.25) is 4.79 Å². The third-order valence-electron chi connectivity index (χ3n) is 3.10. The summed E-state index contributed by atoms with van der Waals surface area (Å²) in [7, 11) is 0. The second-order valence-corrected chi connectivity index (χ2v) is 4.65. The van der Waals surface area contributed by atoms with Crippen LogP contribution in [0.4, 0.5) is 0 Å². The van der Waals surface area contributed by atoms with Crippen molar-refractivity contribution < 1.29 is 14.6 Å². The van der Waals surface area contributed by atoms with Crippen molar-refractivity contribution in [2.45, 2.75) is 32.0 Å². The number of carbonyl (C=O) groups is 1. The maximum Gasteiger partial charge on any atom is 0.237 e. The molecule has 1 aromatic carbocycles. The maximum atomic E-state index is 11.9. The van der Waals surface area contributed by atoms with E-state index in [9.17, 15) is 9.90 Å². The molecule has 1 amide bonds. The Labute approximate surface area is 113 Å². The predicted molar refractivity (Wildman–Crippen MR) is 71.9 cm³/mol. The number of nitrogens with one attached hydrogen (secondary N) is 2. The van der Waals surface area contributed by atoms with Crippen molar-refractivity contribution in [3.8, 4) is 5.75 Å². The monoisotopic (exact) mass is 264 g/mol. The molecule has 1 aromatic rings. The molecule has 0 radical (unpaired) electrons. The van der Waals surface area contributed by atoms with Crippen LogP contribution in [0.25, 0.3) is 0 Å². The summed E-state index contributed by atoms with van der Waals surface area (Å²) in [6.45, 7) is 3.51. The Morgan fingerprint density at radius 2 is 2.42 bits per heavy atom. The van der Waals surface area contributed by atoms with Gasteiger partial charge in [0.05, 0.1) is 18.8 Å². The fourth-order valence-corrected chi connectivity index (χ4v) is 2.14. The summed E-state index contributed by atoms with van der Waals surface area (Å²) in [5.74, 6) is 0.738. The van der Waals surface area contributed by atoms with E-state index in [1.54, 1.807) is 0 Å². The number of benzene rings is 1. The van der Waals surface area contributed by atoms with Gasteiger partial charge in [-0.05, 0) is 31.0 Å². The summed E-state index contributed by atoms with van der Waals surface area (Å²) in [6.07, 6.45) is 0.0576. The first kappa shape index (κ1) is 13.8. The van der Waals surface area contributed by atoms with E-state index in [1.807, 2.05) is 31.2 Å². The molecule has 1 aliphatic heterocycles. The van der Waals surface area contributed by atoms with E-state index in [2.05, 4.69) is 10.6 Å². The first-order chi connectivity index (χ1) is 9.19. The van der Waals surface area contributed by atoms with Crippen molar-refractivity contribution in [2.75, 3.05) is 13.2 Å². The minimum Gasteiger partial charge on any atom is -0.494 e. The number of rotatable bonds is 5. The van der Waals surface area contributed by atoms with Crippen LogP contribution in [-0.2, 0) is 11.3 Å². The highest BCUT2D eigenvalue weighted by Crippen LogP contribution is 2.13. The molecule has 3 N–H and O–H groups in total. The second-order valence-electron chi connectivity index (χ2n) is 4.65. The first-order valence-corrected chi connectivity index (χ1v) is 6.60. The number of aliphatic hydroxyl groups is 1. The minimum absolute atomic E-state index is 0.0710. The molecule has 0 bridgehead atoms. The molecule has 0 aliphatic carbocycles. The number of carbonyl (C=O) groups excluding carboxylic acids is 1. The summed E-state index contributed by atoms with van der Waals surface area (Å²) >= 11 is 0. The largest absolute Gasteiger partial charge is 0.494 e.